The Bertz CT molecular complexity index is 329. The quantitative estimate of drug-likeness (QED) is 0.688. The molecule has 0 saturated carbocycles. The van der Waals surface area contributed by atoms with Crippen LogP contribution in [0.5, 0.6) is 0 Å². The van der Waals surface area contributed by atoms with Crippen LogP contribution in [0.2, 0.25) is 0 Å². The summed E-state index contributed by atoms with van der Waals surface area (Å²) in [6.07, 6.45) is 3.17. The Morgan fingerprint density at radius 1 is 1.06 bits per heavy atom. The molecule has 3 heteroatoms. The van der Waals surface area contributed by atoms with Crippen LogP contribution < -0.4 is 0 Å². The smallest absolute Gasteiger partial charge is 0.390 e. The van der Waals surface area contributed by atoms with E-state index in [4.69, 9.17) is 8.85 Å². The normalized spacial score (nSPS) is 12.1. The average Bonchev–Trinajstić information content (AvgIpc) is 2.37. The minimum absolute atomic E-state index is 0.709. The number of rotatable bonds is 7. The van der Waals surface area contributed by atoms with Crippen molar-refractivity contribution in [2.24, 2.45) is 0 Å². The number of hydrogen-bond donors (Lipinski definition) is 0. The van der Waals surface area contributed by atoms with Gasteiger partial charge < -0.3 is 8.85 Å². The van der Waals surface area contributed by atoms with E-state index in [-0.39, 0.29) is 0 Å². The number of hydrogen-bond acceptors (Lipinski definition) is 2. The Balaban J connectivity index is 2.83. The summed E-state index contributed by atoms with van der Waals surface area (Å²) in [7, 11) is -1.27. The molecule has 1 rings (SSSR count). The molecule has 0 saturated heterocycles. The molecular formula is C14H21O2Si. The molecule has 0 fully saturated rings. The van der Waals surface area contributed by atoms with Gasteiger partial charge >= 0.3 is 9.28 Å². The SMILES string of the molecule is CCO[Si](OCC)C(=Cc1ccccc1)CC. The standard InChI is InChI=1S/C14H21O2Si/c1-4-14(17(15-5-2)16-6-3)12-13-10-8-7-9-11-13/h7-12H,4-6H2,1-3H3. The van der Waals surface area contributed by atoms with Crippen molar-refractivity contribution in [2.75, 3.05) is 13.2 Å². The third-order valence-electron chi connectivity index (χ3n) is 2.33. The molecule has 0 aromatic heterocycles. The summed E-state index contributed by atoms with van der Waals surface area (Å²) >= 11 is 0. The Hall–Kier alpha value is -0.903. The molecule has 93 valence electrons. The van der Waals surface area contributed by atoms with E-state index >= 15 is 0 Å². The lowest BCUT2D eigenvalue weighted by Gasteiger charge is -2.15. The molecule has 0 unspecified atom stereocenters. The van der Waals surface area contributed by atoms with E-state index in [0.717, 1.165) is 6.42 Å². The topological polar surface area (TPSA) is 18.5 Å². The maximum absolute atomic E-state index is 5.72. The molecule has 1 aromatic rings. The van der Waals surface area contributed by atoms with Crippen molar-refractivity contribution in [1.29, 1.82) is 0 Å². The van der Waals surface area contributed by atoms with Crippen LogP contribution in [0.4, 0.5) is 0 Å². The maximum Gasteiger partial charge on any atom is 0.419 e. The second-order valence-electron chi connectivity index (χ2n) is 3.59. The summed E-state index contributed by atoms with van der Waals surface area (Å²) in [4.78, 5) is 0. The highest BCUT2D eigenvalue weighted by Crippen LogP contribution is 2.14. The molecule has 0 atom stereocenters. The third kappa shape index (κ3) is 4.85. The second kappa shape index (κ2) is 8.23. The lowest BCUT2D eigenvalue weighted by Crippen LogP contribution is -2.25. The fourth-order valence-electron chi connectivity index (χ4n) is 1.55. The molecule has 0 heterocycles. The zero-order valence-corrected chi connectivity index (χ0v) is 11.9. The van der Waals surface area contributed by atoms with E-state index < -0.39 is 9.28 Å². The molecule has 0 aliphatic carbocycles. The first-order valence-corrected chi connectivity index (χ1v) is 7.52. The molecular weight excluding hydrogens is 228 g/mol. The van der Waals surface area contributed by atoms with Gasteiger partial charge in [-0.2, -0.15) is 0 Å². The van der Waals surface area contributed by atoms with Crippen molar-refractivity contribution in [3.63, 3.8) is 0 Å². The van der Waals surface area contributed by atoms with Gasteiger partial charge in [-0.25, -0.2) is 0 Å². The average molecular weight is 249 g/mol. The summed E-state index contributed by atoms with van der Waals surface area (Å²) in [5.74, 6) is 0. The molecule has 0 aliphatic heterocycles. The van der Waals surface area contributed by atoms with E-state index in [0.29, 0.717) is 13.2 Å². The van der Waals surface area contributed by atoms with Crippen molar-refractivity contribution in [2.45, 2.75) is 27.2 Å². The Kier molecular flexibility index (Phi) is 6.85. The van der Waals surface area contributed by atoms with Gasteiger partial charge in [0, 0.05) is 13.2 Å². The van der Waals surface area contributed by atoms with Crippen molar-refractivity contribution in [3.05, 3.63) is 41.1 Å². The second-order valence-corrected chi connectivity index (χ2v) is 5.38. The Labute approximate surface area is 106 Å². The van der Waals surface area contributed by atoms with Crippen LogP contribution in [-0.2, 0) is 8.85 Å². The van der Waals surface area contributed by atoms with Crippen LogP contribution >= 0.6 is 0 Å². The highest BCUT2D eigenvalue weighted by Gasteiger charge is 2.19. The first-order chi connectivity index (χ1) is 8.31. The van der Waals surface area contributed by atoms with Gasteiger partial charge in [0.05, 0.1) is 0 Å². The molecule has 0 N–H and O–H groups in total. The van der Waals surface area contributed by atoms with Gasteiger partial charge in [0.25, 0.3) is 0 Å². The zero-order valence-electron chi connectivity index (χ0n) is 10.9. The van der Waals surface area contributed by atoms with E-state index in [1.807, 2.05) is 32.0 Å². The van der Waals surface area contributed by atoms with Gasteiger partial charge in [-0.1, -0.05) is 43.3 Å². The highest BCUT2D eigenvalue weighted by atomic mass is 28.3. The van der Waals surface area contributed by atoms with Gasteiger partial charge in [0.1, 0.15) is 0 Å². The molecule has 0 spiro atoms. The summed E-state index contributed by atoms with van der Waals surface area (Å²) in [5.41, 5.74) is 1.21. The van der Waals surface area contributed by atoms with Crippen LogP contribution in [-0.4, -0.2) is 22.5 Å². The van der Waals surface area contributed by atoms with Crippen molar-refractivity contribution in [1.82, 2.24) is 0 Å². The van der Waals surface area contributed by atoms with Crippen LogP contribution in [0.25, 0.3) is 6.08 Å². The third-order valence-corrected chi connectivity index (χ3v) is 4.46. The monoisotopic (exact) mass is 249 g/mol. The predicted molar refractivity (Wildman–Crippen MR) is 73.7 cm³/mol. The van der Waals surface area contributed by atoms with Crippen LogP contribution in [0.15, 0.2) is 35.5 Å². The van der Waals surface area contributed by atoms with Crippen LogP contribution in [0.1, 0.15) is 32.8 Å². The maximum atomic E-state index is 5.72. The summed E-state index contributed by atoms with van der Waals surface area (Å²) in [6.45, 7) is 7.59. The fraction of sp³-hybridized carbons (Fsp3) is 0.429. The lowest BCUT2D eigenvalue weighted by atomic mass is 10.2. The minimum Gasteiger partial charge on any atom is -0.390 e. The molecule has 2 nitrogen and oxygen atoms in total. The first-order valence-electron chi connectivity index (χ1n) is 6.20. The summed E-state index contributed by atoms with van der Waals surface area (Å²) < 4.78 is 11.4. The molecule has 0 aliphatic rings. The molecule has 17 heavy (non-hydrogen) atoms. The minimum atomic E-state index is -1.27. The van der Waals surface area contributed by atoms with Crippen LogP contribution in [0, 0.1) is 0 Å². The van der Waals surface area contributed by atoms with Crippen molar-refractivity contribution in [3.8, 4) is 0 Å². The van der Waals surface area contributed by atoms with E-state index in [1.54, 1.807) is 0 Å². The van der Waals surface area contributed by atoms with Gasteiger partial charge in [0.15, 0.2) is 0 Å². The van der Waals surface area contributed by atoms with Crippen molar-refractivity contribution < 1.29 is 8.85 Å². The summed E-state index contributed by atoms with van der Waals surface area (Å²) in [6, 6.07) is 10.3. The number of benzene rings is 1. The Morgan fingerprint density at radius 3 is 2.12 bits per heavy atom. The van der Waals surface area contributed by atoms with Gasteiger partial charge in [-0.05, 0) is 31.0 Å². The predicted octanol–water partition coefficient (Wildman–Crippen LogP) is 3.58. The Morgan fingerprint density at radius 2 is 1.65 bits per heavy atom. The molecule has 1 aromatic carbocycles. The van der Waals surface area contributed by atoms with Crippen LogP contribution in [0.3, 0.4) is 0 Å². The van der Waals surface area contributed by atoms with Gasteiger partial charge in [-0.3, -0.25) is 0 Å². The molecule has 0 bridgehead atoms. The highest BCUT2D eigenvalue weighted by molar-refractivity contribution is 6.54. The van der Waals surface area contributed by atoms with Gasteiger partial charge in [0.2, 0.25) is 0 Å². The van der Waals surface area contributed by atoms with E-state index in [1.165, 1.54) is 10.8 Å². The zero-order chi connectivity index (χ0) is 12.5. The first kappa shape index (κ1) is 14.2. The van der Waals surface area contributed by atoms with E-state index in [9.17, 15) is 0 Å². The lowest BCUT2D eigenvalue weighted by molar-refractivity contribution is 0.221. The van der Waals surface area contributed by atoms with Gasteiger partial charge in [-0.15, -0.1) is 0 Å². The molecule has 0 amide bonds. The van der Waals surface area contributed by atoms with E-state index in [2.05, 4.69) is 25.1 Å². The van der Waals surface area contributed by atoms with Crippen molar-refractivity contribution >= 4 is 15.4 Å². The fourth-order valence-corrected chi connectivity index (χ4v) is 3.10. The largest absolute Gasteiger partial charge is 0.419 e. The number of allylic oxidation sites excluding steroid dienone is 1. The summed E-state index contributed by atoms with van der Waals surface area (Å²) in [5, 5.41) is 1.28. The molecule has 1 radical (unpaired) electrons.